The van der Waals surface area contributed by atoms with Gasteiger partial charge >= 0.3 is 0 Å². The van der Waals surface area contributed by atoms with Crippen LogP contribution in [0.1, 0.15) is 36.1 Å². The molecule has 1 atom stereocenters. The molecule has 6 nitrogen and oxygen atoms in total. The molecule has 2 heterocycles. The van der Waals surface area contributed by atoms with Crippen LogP contribution in [0.3, 0.4) is 0 Å². The average molecular weight is 450 g/mol. The second kappa shape index (κ2) is 8.74. The van der Waals surface area contributed by atoms with E-state index in [1.807, 2.05) is 6.07 Å². The number of anilines is 2. The van der Waals surface area contributed by atoms with Crippen LogP contribution in [0.25, 0.3) is 11.1 Å². The molecule has 1 aliphatic heterocycles. The molecule has 9 heteroatoms. The molecule has 2 amide bonds. The highest BCUT2D eigenvalue weighted by Crippen LogP contribution is 2.42. The number of carbonyl (C=O) groups is 2. The van der Waals surface area contributed by atoms with Crippen molar-refractivity contribution in [3.8, 4) is 17.2 Å². The van der Waals surface area contributed by atoms with Gasteiger partial charge < -0.3 is 10.2 Å². The number of rotatable bonds is 4. The Bertz CT molecular complexity index is 1290. The van der Waals surface area contributed by atoms with Crippen molar-refractivity contribution in [3.63, 3.8) is 0 Å². The average Bonchev–Trinajstić information content (AvgIpc) is 2.89. The summed E-state index contributed by atoms with van der Waals surface area (Å²) in [5.74, 6) is -2.61. The SMILES string of the molecule is C[C@H]1C(=O)N(CC(=O)Nc2ccc(C(F)F)cc2)c2cc(C#N)cc(F)c2-c2cccnc21. The van der Waals surface area contributed by atoms with E-state index < -0.39 is 36.5 Å². The molecule has 0 aliphatic carbocycles. The lowest BCUT2D eigenvalue weighted by Gasteiger charge is -2.24. The second-order valence-corrected chi connectivity index (χ2v) is 7.52. The Balaban J connectivity index is 1.72. The predicted octanol–water partition coefficient (Wildman–Crippen LogP) is 4.79. The molecule has 0 fully saturated rings. The van der Waals surface area contributed by atoms with Gasteiger partial charge in [0.05, 0.1) is 28.9 Å². The van der Waals surface area contributed by atoms with Crippen molar-refractivity contribution in [2.24, 2.45) is 0 Å². The third-order valence-corrected chi connectivity index (χ3v) is 5.39. The fraction of sp³-hybridized carbons (Fsp3) is 0.167. The zero-order valence-corrected chi connectivity index (χ0v) is 17.3. The highest BCUT2D eigenvalue weighted by atomic mass is 19.3. The van der Waals surface area contributed by atoms with Gasteiger partial charge in [-0.3, -0.25) is 14.6 Å². The molecule has 0 spiro atoms. The highest BCUT2D eigenvalue weighted by molar-refractivity contribution is 6.09. The van der Waals surface area contributed by atoms with Crippen LogP contribution >= 0.6 is 0 Å². The Labute approximate surface area is 187 Å². The molecule has 166 valence electrons. The minimum atomic E-state index is -2.64. The van der Waals surface area contributed by atoms with E-state index >= 15 is 4.39 Å². The van der Waals surface area contributed by atoms with Crippen LogP contribution in [-0.4, -0.2) is 23.3 Å². The number of amides is 2. The molecule has 3 aromatic rings. The molecule has 0 bridgehead atoms. The minimum absolute atomic E-state index is 0.00737. The van der Waals surface area contributed by atoms with E-state index in [9.17, 15) is 23.6 Å². The first-order valence-electron chi connectivity index (χ1n) is 9.98. The van der Waals surface area contributed by atoms with Crippen LogP contribution in [-0.2, 0) is 9.59 Å². The highest BCUT2D eigenvalue weighted by Gasteiger charge is 2.35. The number of pyridine rings is 1. The van der Waals surface area contributed by atoms with Crippen LogP contribution in [0.15, 0.2) is 54.7 Å². The van der Waals surface area contributed by atoms with E-state index in [0.717, 1.165) is 11.0 Å². The second-order valence-electron chi connectivity index (χ2n) is 7.52. The summed E-state index contributed by atoms with van der Waals surface area (Å²) in [4.78, 5) is 31.4. The van der Waals surface area contributed by atoms with Crippen molar-refractivity contribution in [2.75, 3.05) is 16.8 Å². The molecule has 0 radical (unpaired) electrons. The Morgan fingerprint density at radius 1 is 1.24 bits per heavy atom. The maximum absolute atomic E-state index is 15.1. The minimum Gasteiger partial charge on any atom is -0.325 e. The van der Waals surface area contributed by atoms with Crippen molar-refractivity contribution in [2.45, 2.75) is 19.3 Å². The van der Waals surface area contributed by atoms with Crippen LogP contribution < -0.4 is 10.2 Å². The Morgan fingerprint density at radius 3 is 2.64 bits per heavy atom. The Hall–Kier alpha value is -4.19. The maximum Gasteiger partial charge on any atom is 0.263 e. The van der Waals surface area contributed by atoms with Crippen molar-refractivity contribution >= 4 is 23.2 Å². The van der Waals surface area contributed by atoms with E-state index in [2.05, 4.69) is 10.3 Å². The number of nitriles is 1. The predicted molar refractivity (Wildman–Crippen MR) is 115 cm³/mol. The van der Waals surface area contributed by atoms with Crippen LogP contribution in [0.4, 0.5) is 24.5 Å². The Kier molecular flexibility index (Phi) is 5.84. The molecule has 1 N–H and O–H groups in total. The third-order valence-electron chi connectivity index (χ3n) is 5.39. The smallest absolute Gasteiger partial charge is 0.263 e. The van der Waals surface area contributed by atoms with Crippen LogP contribution in [0.5, 0.6) is 0 Å². The van der Waals surface area contributed by atoms with Crippen molar-refractivity contribution < 1.29 is 22.8 Å². The number of carbonyl (C=O) groups excluding carboxylic acids is 2. The lowest BCUT2D eigenvalue weighted by Crippen LogP contribution is -2.40. The quantitative estimate of drug-likeness (QED) is 0.620. The molecule has 33 heavy (non-hydrogen) atoms. The molecular weight excluding hydrogens is 433 g/mol. The van der Waals surface area contributed by atoms with E-state index in [0.29, 0.717) is 11.3 Å². The summed E-state index contributed by atoms with van der Waals surface area (Å²) in [6.07, 6.45) is -1.14. The molecule has 0 unspecified atom stereocenters. The number of nitrogens with zero attached hydrogens (tertiary/aromatic N) is 3. The van der Waals surface area contributed by atoms with E-state index in [1.54, 1.807) is 19.1 Å². The summed E-state index contributed by atoms with van der Waals surface area (Å²) >= 11 is 0. The molecule has 4 rings (SSSR count). The summed E-state index contributed by atoms with van der Waals surface area (Å²) in [7, 11) is 0. The van der Waals surface area contributed by atoms with Gasteiger partial charge in [0.15, 0.2) is 0 Å². The van der Waals surface area contributed by atoms with Gasteiger partial charge in [-0.1, -0.05) is 18.2 Å². The fourth-order valence-electron chi connectivity index (χ4n) is 3.80. The lowest BCUT2D eigenvalue weighted by molar-refractivity contribution is -0.122. The van der Waals surface area contributed by atoms with Crippen molar-refractivity contribution in [1.82, 2.24) is 4.98 Å². The van der Waals surface area contributed by atoms with E-state index in [-0.39, 0.29) is 28.1 Å². The zero-order chi connectivity index (χ0) is 23.7. The first-order valence-corrected chi connectivity index (χ1v) is 9.98. The number of nitrogens with one attached hydrogen (secondary N) is 1. The fourth-order valence-corrected chi connectivity index (χ4v) is 3.80. The Morgan fingerprint density at radius 2 is 1.97 bits per heavy atom. The number of fused-ring (bicyclic) bond motifs is 3. The number of aromatic nitrogens is 1. The van der Waals surface area contributed by atoms with Crippen LogP contribution in [0, 0.1) is 17.1 Å². The topological polar surface area (TPSA) is 86.1 Å². The number of hydrogen-bond donors (Lipinski definition) is 1. The first kappa shape index (κ1) is 22.0. The van der Waals surface area contributed by atoms with Gasteiger partial charge in [0, 0.05) is 28.6 Å². The summed E-state index contributed by atoms with van der Waals surface area (Å²) in [5, 5.41) is 11.9. The summed E-state index contributed by atoms with van der Waals surface area (Å²) < 4.78 is 40.6. The van der Waals surface area contributed by atoms with Gasteiger partial charge in [-0.25, -0.2) is 13.2 Å². The van der Waals surface area contributed by atoms with Gasteiger partial charge in [-0.2, -0.15) is 5.26 Å². The normalized spacial score (nSPS) is 14.8. The molecule has 0 saturated carbocycles. The monoisotopic (exact) mass is 450 g/mol. The molecule has 0 saturated heterocycles. The summed E-state index contributed by atoms with van der Waals surface area (Å²) in [5.41, 5.74) is 0.984. The molecule has 1 aromatic heterocycles. The van der Waals surface area contributed by atoms with Crippen LogP contribution in [0.2, 0.25) is 0 Å². The van der Waals surface area contributed by atoms with Gasteiger partial charge in [0.2, 0.25) is 11.8 Å². The van der Waals surface area contributed by atoms with Gasteiger partial charge in [0.1, 0.15) is 12.4 Å². The number of hydrogen-bond acceptors (Lipinski definition) is 4. The van der Waals surface area contributed by atoms with Gasteiger partial charge in [-0.05, 0) is 37.3 Å². The summed E-state index contributed by atoms with van der Waals surface area (Å²) in [6.45, 7) is 1.13. The van der Waals surface area contributed by atoms with Gasteiger partial charge in [0.25, 0.3) is 6.43 Å². The molecule has 1 aliphatic rings. The van der Waals surface area contributed by atoms with E-state index in [1.165, 1.54) is 36.5 Å². The third kappa shape index (κ3) is 4.15. The standard InChI is InChI=1S/C24H17F3N4O2/c1-13-22-17(3-2-8-29-22)21-18(25)9-14(11-28)10-19(21)31(24(13)33)12-20(32)30-16-6-4-15(5-7-16)23(26)27/h2-10,13,23H,12H2,1H3,(H,30,32)/t13-/m1/s1. The lowest BCUT2D eigenvalue weighted by atomic mass is 9.96. The van der Waals surface area contributed by atoms with E-state index in [4.69, 9.17) is 0 Å². The number of alkyl halides is 2. The summed E-state index contributed by atoms with van der Waals surface area (Å²) in [6, 6.07) is 12.6. The number of halogens is 3. The number of benzene rings is 2. The first-order chi connectivity index (χ1) is 15.8. The molecule has 2 aromatic carbocycles. The van der Waals surface area contributed by atoms with Crippen molar-refractivity contribution in [1.29, 1.82) is 5.26 Å². The zero-order valence-electron chi connectivity index (χ0n) is 17.3. The maximum atomic E-state index is 15.1. The molecular formula is C24H17F3N4O2. The van der Waals surface area contributed by atoms with Gasteiger partial charge in [-0.15, -0.1) is 0 Å². The van der Waals surface area contributed by atoms with Crippen molar-refractivity contribution in [3.05, 3.63) is 77.4 Å². The largest absolute Gasteiger partial charge is 0.325 e.